The number of carbonyl (C=O) groups excluding carboxylic acids is 2. The number of rotatable bonds is 4. The predicted octanol–water partition coefficient (Wildman–Crippen LogP) is 1.29. The van der Waals surface area contributed by atoms with Crippen LogP contribution in [0.25, 0.3) is 0 Å². The number of anilines is 1. The highest BCUT2D eigenvalue weighted by molar-refractivity contribution is 5.90. The molecular weight excluding hydrogens is 220 g/mol. The second-order valence-electron chi connectivity index (χ2n) is 3.63. The molecule has 0 fully saturated rings. The average Bonchev–Trinajstić information content (AvgIpc) is 2.25. The fourth-order valence-corrected chi connectivity index (χ4v) is 1.38. The number of carbonyl (C=O) groups is 2. The summed E-state index contributed by atoms with van der Waals surface area (Å²) in [6.07, 6.45) is 0. The zero-order valence-electron chi connectivity index (χ0n) is 10.2. The molecule has 2 amide bonds. The van der Waals surface area contributed by atoms with Crippen LogP contribution < -0.4 is 15.4 Å². The molecule has 1 aromatic carbocycles. The molecule has 0 radical (unpaired) electrons. The van der Waals surface area contributed by atoms with Crippen molar-refractivity contribution in [3.05, 3.63) is 23.8 Å². The monoisotopic (exact) mass is 236 g/mol. The number of ether oxygens (including phenoxy) is 1. The van der Waals surface area contributed by atoms with E-state index in [1.165, 1.54) is 21.0 Å². The Morgan fingerprint density at radius 2 is 1.94 bits per heavy atom. The molecule has 0 bridgehead atoms. The lowest BCUT2D eigenvalue weighted by molar-refractivity contribution is -0.119. The lowest BCUT2D eigenvalue weighted by Crippen LogP contribution is -2.19. The van der Waals surface area contributed by atoms with Gasteiger partial charge in [0.1, 0.15) is 5.75 Å². The highest BCUT2D eigenvalue weighted by atomic mass is 16.5. The molecule has 0 spiro atoms. The van der Waals surface area contributed by atoms with Gasteiger partial charge in [0.25, 0.3) is 0 Å². The van der Waals surface area contributed by atoms with Gasteiger partial charge in [0, 0.05) is 20.4 Å². The molecule has 5 nitrogen and oxygen atoms in total. The van der Waals surface area contributed by atoms with Gasteiger partial charge in [-0.15, -0.1) is 0 Å². The van der Waals surface area contributed by atoms with Crippen molar-refractivity contribution in [2.45, 2.75) is 20.4 Å². The van der Waals surface area contributed by atoms with E-state index in [1.807, 2.05) is 6.07 Å². The van der Waals surface area contributed by atoms with Crippen LogP contribution >= 0.6 is 0 Å². The molecule has 17 heavy (non-hydrogen) atoms. The Bertz CT molecular complexity index is 430. The van der Waals surface area contributed by atoms with Crippen molar-refractivity contribution in [1.29, 1.82) is 0 Å². The first-order valence-electron chi connectivity index (χ1n) is 5.22. The van der Waals surface area contributed by atoms with Crippen LogP contribution in [0.5, 0.6) is 5.75 Å². The molecule has 1 aromatic rings. The summed E-state index contributed by atoms with van der Waals surface area (Å²) in [6, 6.07) is 5.36. The molecule has 0 aliphatic carbocycles. The molecule has 0 aliphatic heterocycles. The second-order valence-corrected chi connectivity index (χ2v) is 3.63. The van der Waals surface area contributed by atoms with Crippen LogP contribution in [0.2, 0.25) is 0 Å². The Labute approximate surface area is 100 Å². The Hall–Kier alpha value is -2.04. The SMILES string of the molecule is COc1ccc(CNC(C)=O)cc1NC(C)=O. The largest absolute Gasteiger partial charge is 0.495 e. The summed E-state index contributed by atoms with van der Waals surface area (Å²) in [5.74, 6) is 0.327. The van der Waals surface area contributed by atoms with Gasteiger partial charge in [0.15, 0.2) is 0 Å². The van der Waals surface area contributed by atoms with Crippen LogP contribution in [-0.4, -0.2) is 18.9 Å². The number of benzene rings is 1. The molecule has 0 saturated carbocycles. The number of amides is 2. The first kappa shape index (κ1) is 13.0. The normalized spacial score (nSPS) is 9.59. The van der Waals surface area contributed by atoms with Crippen molar-refractivity contribution in [2.24, 2.45) is 0 Å². The van der Waals surface area contributed by atoms with E-state index < -0.39 is 0 Å². The van der Waals surface area contributed by atoms with Crippen LogP contribution in [0, 0.1) is 0 Å². The fourth-order valence-electron chi connectivity index (χ4n) is 1.38. The van der Waals surface area contributed by atoms with Gasteiger partial charge in [-0.3, -0.25) is 9.59 Å². The third kappa shape index (κ3) is 4.14. The number of methoxy groups -OCH3 is 1. The molecule has 2 N–H and O–H groups in total. The maximum Gasteiger partial charge on any atom is 0.221 e. The summed E-state index contributed by atoms with van der Waals surface area (Å²) in [7, 11) is 1.54. The van der Waals surface area contributed by atoms with E-state index >= 15 is 0 Å². The van der Waals surface area contributed by atoms with Crippen LogP contribution in [0.4, 0.5) is 5.69 Å². The summed E-state index contributed by atoms with van der Waals surface area (Å²) in [5.41, 5.74) is 1.49. The van der Waals surface area contributed by atoms with E-state index in [4.69, 9.17) is 4.74 Å². The topological polar surface area (TPSA) is 67.4 Å². The molecule has 5 heteroatoms. The van der Waals surface area contributed by atoms with Crippen LogP contribution in [0.3, 0.4) is 0 Å². The van der Waals surface area contributed by atoms with Crippen molar-refractivity contribution in [3.8, 4) is 5.75 Å². The lowest BCUT2D eigenvalue weighted by atomic mass is 10.2. The van der Waals surface area contributed by atoms with Crippen molar-refractivity contribution in [3.63, 3.8) is 0 Å². The van der Waals surface area contributed by atoms with Crippen LogP contribution in [0.15, 0.2) is 18.2 Å². The molecule has 0 unspecified atom stereocenters. The molecule has 0 saturated heterocycles. The Morgan fingerprint density at radius 3 is 2.47 bits per heavy atom. The van der Waals surface area contributed by atoms with Crippen molar-refractivity contribution in [1.82, 2.24) is 5.32 Å². The smallest absolute Gasteiger partial charge is 0.221 e. The van der Waals surface area contributed by atoms with Gasteiger partial charge < -0.3 is 15.4 Å². The van der Waals surface area contributed by atoms with E-state index in [9.17, 15) is 9.59 Å². The second kappa shape index (κ2) is 5.89. The minimum atomic E-state index is -0.167. The van der Waals surface area contributed by atoms with E-state index in [2.05, 4.69) is 10.6 Å². The number of nitrogens with one attached hydrogen (secondary N) is 2. The average molecular weight is 236 g/mol. The van der Waals surface area contributed by atoms with Gasteiger partial charge in [-0.2, -0.15) is 0 Å². The molecular formula is C12H16N2O3. The summed E-state index contributed by atoms with van der Waals surface area (Å²) in [4.78, 5) is 21.8. The van der Waals surface area contributed by atoms with E-state index in [0.29, 0.717) is 18.0 Å². The highest BCUT2D eigenvalue weighted by Crippen LogP contribution is 2.25. The standard InChI is InChI=1S/C12H16N2O3/c1-8(15)13-7-10-4-5-12(17-3)11(6-10)14-9(2)16/h4-6H,7H2,1-3H3,(H,13,15)(H,14,16). The van der Waals surface area contributed by atoms with Crippen molar-refractivity contribution < 1.29 is 14.3 Å². The van der Waals surface area contributed by atoms with Gasteiger partial charge in [-0.25, -0.2) is 0 Å². The number of hydrogen-bond donors (Lipinski definition) is 2. The zero-order valence-corrected chi connectivity index (χ0v) is 10.2. The summed E-state index contributed by atoms with van der Waals surface area (Å²) < 4.78 is 5.12. The third-order valence-electron chi connectivity index (χ3n) is 2.12. The zero-order chi connectivity index (χ0) is 12.8. The maximum atomic E-state index is 11.0. The summed E-state index contributed by atoms with van der Waals surface area (Å²) >= 11 is 0. The minimum Gasteiger partial charge on any atom is -0.495 e. The van der Waals surface area contributed by atoms with E-state index in [0.717, 1.165) is 5.56 Å². The summed E-state index contributed by atoms with van der Waals surface area (Å²) in [6.45, 7) is 3.31. The van der Waals surface area contributed by atoms with Gasteiger partial charge in [-0.05, 0) is 17.7 Å². The van der Waals surface area contributed by atoms with Gasteiger partial charge in [-0.1, -0.05) is 6.07 Å². The third-order valence-corrected chi connectivity index (χ3v) is 2.12. The van der Waals surface area contributed by atoms with Crippen LogP contribution in [0.1, 0.15) is 19.4 Å². The van der Waals surface area contributed by atoms with Crippen LogP contribution in [-0.2, 0) is 16.1 Å². The summed E-state index contributed by atoms with van der Waals surface area (Å²) in [5, 5.41) is 5.36. The lowest BCUT2D eigenvalue weighted by Gasteiger charge is -2.11. The Balaban J connectivity index is 2.87. The molecule has 92 valence electrons. The first-order valence-corrected chi connectivity index (χ1v) is 5.22. The molecule has 0 atom stereocenters. The quantitative estimate of drug-likeness (QED) is 0.827. The van der Waals surface area contributed by atoms with Crippen molar-refractivity contribution >= 4 is 17.5 Å². The van der Waals surface area contributed by atoms with Gasteiger partial charge >= 0.3 is 0 Å². The Kier molecular flexibility index (Phi) is 4.51. The first-order chi connectivity index (χ1) is 8.02. The number of hydrogen-bond acceptors (Lipinski definition) is 3. The van der Waals surface area contributed by atoms with Gasteiger partial charge in [0.05, 0.1) is 12.8 Å². The Morgan fingerprint density at radius 1 is 1.24 bits per heavy atom. The van der Waals surface area contributed by atoms with Gasteiger partial charge in [0.2, 0.25) is 11.8 Å². The highest BCUT2D eigenvalue weighted by Gasteiger charge is 2.06. The fraction of sp³-hybridized carbons (Fsp3) is 0.333. The molecule has 0 aromatic heterocycles. The maximum absolute atomic E-state index is 11.0. The van der Waals surface area contributed by atoms with E-state index in [1.54, 1.807) is 12.1 Å². The molecule has 0 heterocycles. The molecule has 0 aliphatic rings. The minimum absolute atomic E-state index is 0.0955. The van der Waals surface area contributed by atoms with E-state index in [-0.39, 0.29) is 11.8 Å². The van der Waals surface area contributed by atoms with Crippen molar-refractivity contribution in [2.75, 3.05) is 12.4 Å². The predicted molar refractivity (Wildman–Crippen MR) is 64.8 cm³/mol. The molecule has 1 rings (SSSR count).